The lowest BCUT2D eigenvalue weighted by Gasteiger charge is -2.08. The van der Waals surface area contributed by atoms with Crippen LogP contribution in [-0.2, 0) is 6.18 Å². The van der Waals surface area contributed by atoms with Crippen molar-refractivity contribution in [1.82, 2.24) is 5.43 Å². The summed E-state index contributed by atoms with van der Waals surface area (Å²) in [5, 5.41) is 13.5. The van der Waals surface area contributed by atoms with Crippen LogP contribution >= 0.6 is 11.6 Å². The molecule has 0 saturated heterocycles. The number of halogens is 4. The Labute approximate surface area is 152 Å². The third-order valence-electron chi connectivity index (χ3n) is 3.18. The van der Waals surface area contributed by atoms with Crippen LogP contribution in [0.15, 0.2) is 41.5 Å². The summed E-state index contributed by atoms with van der Waals surface area (Å²) < 4.78 is 43.2. The minimum absolute atomic E-state index is 0.0293. The van der Waals surface area contributed by atoms with E-state index in [1.54, 1.807) is 6.92 Å². The van der Waals surface area contributed by atoms with Crippen molar-refractivity contribution in [1.29, 1.82) is 0 Å². The number of phenolic OH excluding ortho intramolecular Hbond substituents is 1. The number of carbonyl (C=O) groups is 1. The highest BCUT2D eigenvalue weighted by atomic mass is 35.5. The second-order valence-corrected chi connectivity index (χ2v) is 5.47. The van der Waals surface area contributed by atoms with Gasteiger partial charge in [-0.1, -0.05) is 17.7 Å². The number of rotatable bonds is 5. The summed E-state index contributed by atoms with van der Waals surface area (Å²) in [6.45, 7) is 2.03. The number of nitrogens with one attached hydrogen (secondary N) is 1. The summed E-state index contributed by atoms with van der Waals surface area (Å²) >= 11 is 5.87. The van der Waals surface area contributed by atoms with Crippen molar-refractivity contribution in [2.75, 3.05) is 6.61 Å². The Morgan fingerprint density at radius 3 is 2.73 bits per heavy atom. The first-order valence-corrected chi connectivity index (χ1v) is 7.76. The topological polar surface area (TPSA) is 70.9 Å². The summed E-state index contributed by atoms with van der Waals surface area (Å²) in [6, 6.07) is 6.81. The highest BCUT2D eigenvalue weighted by molar-refractivity contribution is 6.32. The van der Waals surface area contributed by atoms with Crippen LogP contribution in [0.5, 0.6) is 11.5 Å². The average Bonchev–Trinajstić information content (AvgIpc) is 2.58. The minimum atomic E-state index is -4.54. The fourth-order valence-corrected chi connectivity index (χ4v) is 2.22. The molecule has 2 rings (SSSR count). The molecule has 0 aromatic heterocycles. The molecule has 5 nitrogen and oxygen atoms in total. The second-order valence-electron chi connectivity index (χ2n) is 5.06. The summed E-state index contributed by atoms with van der Waals surface area (Å²) in [5.41, 5.74) is 1.43. The number of carbonyl (C=O) groups excluding carboxylic acids is 1. The number of hydrazone groups is 1. The molecule has 0 heterocycles. The van der Waals surface area contributed by atoms with Crippen LogP contribution in [-0.4, -0.2) is 23.8 Å². The van der Waals surface area contributed by atoms with Gasteiger partial charge in [-0.2, -0.15) is 18.3 Å². The summed E-state index contributed by atoms with van der Waals surface area (Å²) in [5.74, 6) is -0.883. The fraction of sp³-hybridized carbons (Fsp3) is 0.176. The number of hydrogen-bond acceptors (Lipinski definition) is 4. The molecule has 0 aliphatic carbocycles. The van der Waals surface area contributed by atoms with Crippen molar-refractivity contribution in [2.24, 2.45) is 5.10 Å². The van der Waals surface area contributed by atoms with Crippen LogP contribution < -0.4 is 10.2 Å². The van der Waals surface area contributed by atoms with Gasteiger partial charge >= 0.3 is 6.18 Å². The lowest BCUT2D eigenvalue weighted by atomic mass is 10.1. The van der Waals surface area contributed by atoms with Gasteiger partial charge in [0.1, 0.15) is 0 Å². The van der Waals surface area contributed by atoms with E-state index in [0.717, 1.165) is 18.2 Å². The van der Waals surface area contributed by atoms with Crippen molar-refractivity contribution in [3.05, 3.63) is 58.1 Å². The molecule has 0 saturated carbocycles. The van der Waals surface area contributed by atoms with E-state index >= 15 is 0 Å². The molecular formula is C17H14ClF3N2O3. The molecule has 0 spiro atoms. The molecule has 0 fully saturated rings. The monoisotopic (exact) mass is 386 g/mol. The van der Waals surface area contributed by atoms with Gasteiger partial charge in [-0.05, 0) is 42.8 Å². The first kappa shape index (κ1) is 19.6. The molecule has 0 unspecified atom stereocenters. The van der Waals surface area contributed by atoms with Crippen LogP contribution in [0, 0.1) is 0 Å². The van der Waals surface area contributed by atoms with Crippen LogP contribution in [0.3, 0.4) is 0 Å². The number of benzene rings is 2. The van der Waals surface area contributed by atoms with E-state index in [9.17, 15) is 23.1 Å². The van der Waals surface area contributed by atoms with Gasteiger partial charge in [-0.3, -0.25) is 4.79 Å². The number of phenols is 1. The van der Waals surface area contributed by atoms with Crippen molar-refractivity contribution in [2.45, 2.75) is 13.1 Å². The van der Waals surface area contributed by atoms with E-state index in [1.165, 1.54) is 24.4 Å². The van der Waals surface area contributed by atoms with Gasteiger partial charge in [-0.15, -0.1) is 0 Å². The van der Waals surface area contributed by atoms with Crippen LogP contribution in [0.1, 0.15) is 28.4 Å². The predicted molar refractivity (Wildman–Crippen MR) is 90.8 cm³/mol. The molecular weight excluding hydrogens is 373 g/mol. The van der Waals surface area contributed by atoms with E-state index in [4.69, 9.17) is 16.3 Å². The number of hydrogen-bond donors (Lipinski definition) is 2. The average molecular weight is 387 g/mol. The van der Waals surface area contributed by atoms with Crippen LogP contribution in [0.4, 0.5) is 13.2 Å². The maximum absolute atomic E-state index is 12.7. The molecule has 2 N–H and O–H groups in total. The molecule has 1 amide bonds. The zero-order valence-corrected chi connectivity index (χ0v) is 14.2. The number of aromatic hydroxyl groups is 1. The molecule has 0 aliphatic rings. The van der Waals surface area contributed by atoms with Gasteiger partial charge in [0.25, 0.3) is 5.91 Å². The van der Waals surface area contributed by atoms with Crippen molar-refractivity contribution in [3.8, 4) is 11.5 Å². The SMILES string of the molecule is CCOc1cc(/C=N\NC(=O)c2cccc(C(F)(F)F)c2)cc(Cl)c1O. The van der Waals surface area contributed by atoms with Gasteiger partial charge in [0, 0.05) is 5.56 Å². The van der Waals surface area contributed by atoms with Crippen LogP contribution in [0.2, 0.25) is 5.02 Å². The predicted octanol–water partition coefficient (Wildman–Crippen LogP) is 4.23. The Hall–Kier alpha value is -2.74. The Bertz CT molecular complexity index is 838. The van der Waals surface area contributed by atoms with Gasteiger partial charge in [0.05, 0.1) is 23.4 Å². The van der Waals surface area contributed by atoms with E-state index in [1.807, 2.05) is 0 Å². The normalized spacial score (nSPS) is 11.6. The number of amides is 1. The van der Waals surface area contributed by atoms with Crippen LogP contribution in [0.25, 0.3) is 0 Å². The molecule has 0 bridgehead atoms. The molecule has 0 atom stereocenters. The lowest BCUT2D eigenvalue weighted by Crippen LogP contribution is -2.18. The maximum atomic E-state index is 12.7. The summed E-state index contributed by atoms with van der Waals surface area (Å²) in [7, 11) is 0. The highest BCUT2D eigenvalue weighted by Crippen LogP contribution is 2.34. The standard InChI is InChI=1S/C17H14ClF3N2O3/c1-2-26-14-7-10(6-13(18)15(14)24)9-22-23-16(25)11-4-3-5-12(8-11)17(19,20)21/h3-9,24H,2H2,1H3,(H,23,25)/b22-9-. The molecule has 138 valence electrons. The molecule has 2 aromatic carbocycles. The first-order valence-electron chi connectivity index (χ1n) is 7.38. The van der Waals surface area contributed by atoms with Crippen molar-refractivity contribution in [3.63, 3.8) is 0 Å². The summed E-state index contributed by atoms with van der Waals surface area (Å²) in [4.78, 5) is 11.9. The van der Waals surface area contributed by atoms with Gasteiger partial charge in [-0.25, -0.2) is 5.43 Å². The lowest BCUT2D eigenvalue weighted by molar-refractivity contribution is -0.137. The number of ether oxygens (including phenoxy) is 1. The van der Waals surface area contributed by atoms with Crippen molar-refractivity contribution < 1.29 is 27.8 Å². The molecule has 2 aromatic rings. The molecule has 9 heteroatoms. The first-order chi connectivity index (χ1) is 12.2. The molecule has 26 heavy (non-hydrogen) atoms. The van der Waals surface area contributed by atoms with E-state index in [-0.39, 0.29) is 22.1 Å². The Morgan fingerprint density at radius 1 is 1.35 bits per heavy atom. The molecule has 0 radical (unpaired) electrons. The smallest absolute Gasteiger partial charge is 0.416 e. The third kappa shape index (κ3) is 4.89. The van der Waals surface area contributed by atoms with Gasteiger partial charge in [0.2, 0.25) is 0 Å². The Kier molecular flexibility index (Phi) is 6.10. The molecule has 0 aliphatic heterocycles. The largest absolute Gasteiger partial charge is 0.503 e. The number of alkyl halides is 3. The Balaban J connectivity index is 2.12. The minimum Gasteiger partial charge on any atom is -0.503 e. The van der Waals surface area contributed by atoms with Crippen molar-refractivity contribution >= 4 is 23.7 Å². The third-order valence-corrected chi connectivity index (χ3v) is 3.47. The van der Waals surface area contributed by atoms with Gasteiger partial charge in [0.15, 0.2) is 11.5 Å². The van der Waals surface area contributed by atoms with Gasteiger partial charge < -0.3 is 9.84 Å². The fourth-order valence-electron chi connectivity index (χ4n) is 2.00. The number of nitrogens with zero attached hydrogens (tertiary/aromatic N) is 1. The zero-order valence-electron chi connectivity index (χ0n) is 13.5. The van der Waals surface area contributed by atoms with E-state index < -0.39 is 17.6 Å². The van der Waals surface area contributed by atoms with E-state index in [0.29, 0.717) is 12.2 Å². The second kappa shape index (κ2) is 8.09. The highest BCUT2D eigenvalue weighted by Gasteiger charge is 2.30. The zero-order chi connectivity index (χ0) is 19.3. The Morgan fingerprint density at radius 2 is 2.08 bits per heavy atom. The quantitative estimate of drug-likeness (QED) is 0.597. The summed E-state index contributed by atoms with van der Waals surface area (Å²) in [6.07, 6.45) is -3.32. The maximum Gasteiger partial charge on any atom is 0.416 e. The van der Waals surface area contributed by atoms with E-state index in [2.05, 4.69) is 10.5 Å².